The summed E-state index contributed by atoms with van der Waals surface area (Å²) in [5.74, 6) is -2.45. The molecule has 6 heteroatoms. The van der Waals surface area contributed by atoms with E-state index >= 15 is 0 Å². The van der Waals surface area contributed by atoms with Gasteiger partial charge < -0.3 is 5.11 Å². The summed E-state index contributed by atoms with van der Waals surface area (Å²) in [6.45, 7) is 0. The fourth-order valence-electron chi connectivity index (χ4n) is 1.20. The number of halogens is 1. The van der Waals surface area contributed by atoms with Crippen LogP contribution >= 0.6 is 11.6 Å². The number of Topliss-reactive ketones (excluding diaryl/α,β-unsaturated/α-hetero) is 2. The number of rotatable bonds is 0. The Labute approximate surface area is 112 Å². The average Bonchev–Trinajstić information content (AvgIpc) is 2.23. The van der Waals surface area contributed by atoms with Crippen molar-refractivity contribution in [3.63, 3.8) is 0 Å². The maximum absolute atomic E-state index is 11.4. The summed E-state index contributed by atoms with van der Waals surface area (Å²) >= 11 is 5.41. The maximum Gasteiger partial charge on any atom is 1.00 e. The second-order valence-corrected chi connectivity index (χ2v) is 3.08. The molecule has 0 spiro atoms. The molecule has 0 atom stereocenters. The molecular formula is C9H3ClNNaO3. The molecule has 0 N–H and O–H groups in total. The third-order valence-electron chi connectivity index (χ3n) is 1.87. The van der Waals surface area contributed by atoms with Crippen molar-refractivity contribution in [2.45, 2.75) is 0 Å². The second kappa shape index (κ2) is 4.45. The smallest absolute Gasteiger partial charge is 0.869 e. The average molecular weight is 232 g/mol. The number of nitrogens with zero attached hydrogens (tertiary/aromatic N) is 1. The molecule has 0 saturated heterocycles. The predicted octanol–water partition coefficient (Wildman–Crippen LogP) is -2.72. The van der Waals surface area contributed by atoms with E-state index in [-0.39, 0.29) is 40.8 Å². The van der Waals surface area contributed by atoms with Crippen molar-refractivity contribution >= 4 is 23.2 Å². The van der Waals surface area contributed by atoms with Gasteiger partial charge in [0.15, 0.2) is 5.78 Å². The number of hydrogen-bond acceptors (Lipinski definition) is 4. The van der Waals surface area contributed by atoms with E-state index < -0.39 is 22.4 Å². The number of carbonyl (C=O) groups excluding carboxylic acids is 2. The Balaban J connectivity index is 0.00000112. The zero-order valence-electron chi connectivity index (χ0n) is 7.78. The van der Waals surface area contributed by atoms with Crippen molar-refractivity contribution in [2.75, 3.05) is 0 Å². The van der Waals surface area contributed by atoms with Crippen LogP contribution in [0.15, 0.2) is 29.1 Å². The molecule has 0 aromatic carbocycles. The van der Waals surface area contributed by atoms with E-state index in [1.54, 1.807) is 0 Å². The SMILES string of the molecule is O=C1C(Cl)=C([O-])C(=O)c2ncccc21.[Na+]. The van der Waals surface area contributed by atoms with Crippen molar-refractivity contribution in [2.24, 2.45) is 0 Å². The molecular weight excluding hydrogens is 229 g/mol. The number of fused-ring (bicyclic) bond motifs is 1. The molecule has 1 aromatic heterocycles. The number of pyridine rings is 1. The Morgan fingerprint density at radius 3 is 2.60 bits per heavy atom. The number of hydrogen-bond donors (Lipinski definition) is 0. The first-order valence-electron chi connectivity index (χ1n) is 3.74. The number of ketones is 2. The molecule has 1 aliphatic carbocycles. The van der Waals surface area contributed by atoms with Crippen LogP contribution in [0.5, 0.6) is 0 Å². The van der Waals surface area contributed by atoms with E-state index in [0.29, 0.717) is 0 Å². The molecule has 0 aliphatic heterocycles. The van der Waals surface area contributed by atoms with E-state index in [1.807, 2.05) is 0 Å². The first-order valence-corrected chi connectivity index (χ1v) is 4.12. The molecule has 0 amide bonds. The van der Waals surface area contributed by atoms with Crippen LogP contribution in [-0.2, 0) is 0 Å². The molecule has 1 aromatic rings. The molecule has 0 saturated carbocycles. The van der Waals surface area contributed by atoms with Gasteiger partial charge in [0.1, 0.15) is 5.69 Å². The van der Waals surface area contributed by atoms with Gasteiger partial charge in [-0.3, -0.25) is 14.6 Å². The van der Waals surface area contributed by atoms with Gasteiger partial charge in [0.2, 0.25) is 5.78 Å². The van der Waals surface area contributed by atoms with Crippen LogP contribution < -0.4 is 34.7 Å². The van der Waals surface area contributed by atoms with Crippen molar-refractivity contribution < 1.29 is 44.3 Å². The van der Waals surface area contributed by atoms with Gasteiger partial charge in [-0.2, -0.15) is 0 Å². The molecule has 70 valence electrons. The molecule has 2 rings (SSSR count). The normalized spacial score (nSPS) is 14.7. The second-order valence-electron chi connectivity index (χ2n) is 2.70. The van der Waals surface area contributed by atoms with E-state index in [2.05, 4.69) is 4.98 Å². The fraction of sp³-hybridized carbons (Fsp3) is 0. The van der Waals surface area contributed by atoms with Crippen molar-refractivity contribution in [1.29, 1.82) is 0 Å². The predicted molar refractivity (Wildman–Crippen MR) is 45.8 cm³/mol. The van der Waals surface area contributed by atoms with Crippen LogP contribution in [0.3, 0.4) is 0 Å². The zero-order valence-corrected chi connectivity index (χ0v) is 10.5. The van der Waals surface area contributed by atoms with Crippen LogP contribution in [0.2, 0.25) is 0 Å². The van der Waals surface area contributed by atoms with E-state index in [4.69, 9.17) is 11.6 Å². The molecule has 4 nitrogen and oxygen atoms in total. The first-order chi connectivity index (χ1) is 6.63. The summed E-state index contributed by atoms with van der Waals surface area (Å²) in [6.07, 6.45) is 1.34. The Hall–Kier alpha value is -0.680. The molecule has 1 heterocycles. The maximum atomic E-state index is 11.4. The van der Waals surface area contributed by atoms with Crippen molar-refractivity contribution in [3.8, 4) is 0 Å². The van der Waals surface area contributed by atoms with E-state index in [9.17, 15) is 14.7 Å². The molecule has 1 aliphatic rings. The van der Waals surface area contributed by atoms with Crippen LogP contribution in [0, 0.1) is 0 Å². The summed E-state index contributed by atoms with van der Waals surface area (Å²) in [7, 11) is 0. The molecule has 0 fully saturated rings. The minimum atomic E-state index is -0.983. The van der Waals surface area contributed by atoms with Gasteiger partial charge in [0, 0.05) is 6.20 Å². The molecule has 0 bridgehead atoms. The minimum Gasteiger partial charge on any atom is -0.869 e. The van der Waals surface area contributed by atoms with Crippen molar-refractivity contribution in [1.82, 2.24) is 4.98 Å². The number of carbonyl (C=O) groups is 2. The monoisotopic (exact) mass is 231 g/mol. The first kappa shape index (κ1) is 12.4. The summed E-state index contributed by atoms with van der Waals surface area (Å²) in [5.41, 5.74) is -0.0333. The topological polar surface area (TPSA) is 70.1 Å². The van der Waals surface area contributed by atoms with Crippen LogP contribution in [-0.4, -0.2) is 16.6 Å². The third-order valence-corrected chi connectivity index (χ3v) is 2.22. The van der Waals surface area contributed by atoms with E-state index in [1.165, 1.54) is 18.3 Å². The molecule has 15 heavy (non-hydrogen) atoms. The summed E-state index contributed by atoms with van der Waals surface area (Å²) in [6, 6.07) is 2.92. The van der Waals surface area contributed by atoms with Gasteiger partial charge in [-0.05, 0) is 17.9 Å². The Morgan fingerprint density at radius 2 is 1.93 bits per heavy atom. The van der Waals surface area contributed by atoms with Crippen LogP contribution in [0.4, 0.5) is 0 Å². The van der Waals surface area contributed by atoms with Crippen LogP contribution in [0.1, 0.15) is 20.8 Å². The summed E-state index contributed by atoms with van der Waals surface area (Å²) in [4.78, 5) is 26.4. The Kier molecular flexibility index (Phi) is 3.67. The minimum absolute atomic E-state index is 0. The Bertz CT molecular complexity index is 441. The Morgan fingerprint density at radius 1 is 1.27 bits per heavy atom. The zero-order chi connectivity index (χ0) is 10.3. The third kappa shape index (κ3) is 1.86. The van der Waals surface area contributed by atoms with Gasteiger partial charge in [-0.25, -0.2) is 0 Å². The van der Waals surface area contributed by atoms with Gasteiger partial charge in [0.05, 0.1) is 10.6 Å². The van der Waals surface area contributed by atoms with Crippen LogP contribution in [0.25, 0.3) is 0 Å². The van der Waals surface area contributed by atoms with Gasteiger partial charge in [-0.1, -0.05) is 11.6 Å². The molecule has 0 unspecified atom stereocenters. The molecule has 0 radical (unpaired) electrons. The standard InChI is InChI=1S/C9H4ClNO3.Na/c10-5-7(12)4-2-1-3-11-6(4)9(14)8(5)13;/h1-3,13H;/q;+1/p-1. The summed E-state index contributed by atoms with van der Waals surface area (Å²) in [5, 5.41) is 10.6. The summed E-state index contributed by atoms with van der Waals surface area (Å²) < 4.78 is 0. The number of aromatic nitrogens is 1. The quantitative estimate of drug-likeness (QED) is 0.455. The van der Waals surface area contributed by atoms with Gasteiger partial charge >= 0.3 is 29.6 Å². The van der Waals surface area contributed by atoms with Gasteiger partial charge in [0.25, 0.3) is 0 Å². The fourth-order valence-corrected chi connectivity index (χ4v) is 1.39. The number of allylic oxidation sites excluding steroid dienone is 2. The van der Waals surface area contributed by atoms with Gasteiger partial charge in [-0.15, -0.1) is 0 Å². The van der Waals surface area contributed by atoms with E-state index in [0.717, 1.165) is 0 Å². The largest absolute Gasteiger partial charge is 1.00 e. The van der Waals surface area contributed by atoms with Crippen molar-refractivity contribution in [3.05, 3.63) is 40.4 Å².